The van der Waals surface area contributed by atoms with Gasteiger partial charge in [0.1, 0.15) is 5.76 Å². The maximum atomic E-state index is 12.2. The van der Waals surface area contributed by atoms with Crippen LogP contribution in [0.5, 0.6) is 0 Å². The van der Waals surface area contributed by atoms with E-state index in [0.29, 0.717) is 29.0 Å². The van der Waals surface area contributed by atoms with Crippen LogP contribution >= 0.6 is 0 Å². The molecule has 1 unspecified atom stereocenters. The van der Waals surface area contributed by atoms with E-state index < -0.39 is 25.7 Å². The van der Waals surface area contributed by atoms with Crippen molar-refractivity contribution < 1.29 is 23.5 Å². The third kappa shape index (κ3) is 4.28. The Morgan fingerprint density at radius 1 is 1.19 bits per heavy atom. The van der Waals surface area contributed by atoms with Gasteiger partial charge in [0.2, 0.25) is 8.32 Å². The average molecular weight is 383 g/mol. The topological polar surface area (TPSA) is 61.8 Å². The van der Waals surface area contributed by atoms with Crippen molar-refractivity contribution in [2.45, 2.75) is 71.0 Å². The van der Waals surface area contributed by atoms with Crippen molar-refractivity contribution in [2.24, 2.45) is 5.41 Å². The van der Waals surface area contributed by atoms with Gasteiger partial charge in [0.15, 0.2) is 5.41 Å². The number of allylic oxidation sites excluding steroid dienone is 2. The van der Waals surface area contributed by atoms with E-state index in [9.17, 15) is 9.59 Å². The zero-order chi connectivity index (χ0) is 20.1. The molecule has 0 aromatic carbocycles. The maximum Gasteiger partial charge on any atom is 0.329 e. The Morgan fingerprint density at radius 3 is 2.12 bits per heavy atom. The Hall–Kier alpha value is -1.40. The van der Waals surface area contributed by atoms with Gasteiger partial charge in [0.05, 0.1) is 13.7 Å². The fourth-order valence-electron chi connectivity index (χ4n) is 4.31. The lowest BCUT2D eigenvalue weighted by molar-refractivity contribution is -0.162. The zero-order valence-corrected chi connectivity index (χ0v) is 18.3. The van der Waals surface area contributed by atoms with Gasteiger partial charge in [-0.1, -0.05) is 60.3 Å². The van der Waals surface area contributed by atoms with Crippen LogP contribution in [-0.4, -0.2) is 34.0 Å². The summed E-state index contributed by atoms with van der Waals surface area (Å²) in [6, 6.07) is 0. The molecule has 0 aliphatic carbocycles. The standard InChI is InChI=1S/C20H34O5Si/c1-14(2)26(15(3)4,16(5)6)24-12-10-9-11-20(18(21)23-8)13-17(7)25-19(20)22/h9-10,14-16H,7,11-13H2,1-6,8H3/b10-9+. The van der Waals surface area contributed by atoms with Crippen LogP contribution in [0.25, 0.3) is 0 Å². The molecule has 1 fully saturated rings. The minimum absolute atomic E-state index is 0.159. The van der Waals surface area contributed by atoms with E-state index in [1.165, 1.54) is 7.11 Å². The van der Waals surface area contributed by atoms with Gasteiger partial charge in [-0.15, -0.1) is 0 Å². The largest absolute Gasteiger partial charge is 0.468 e. The van der Waals surface area contributed by atoms with E-state index in [0.717, 1.165) is 0 Å². The molecule has 1 heterocycles. The second kappa shape index (κ2) is 9.00. The van der Waals surface area contributed by atoms with Gasteiger partial charge in [-0.05, 0) is 23.0 Å². The molecule has 1 rings (SSSR count). The fraction of sp³-hybridized carbons (Fsp3) is 0.700. The summed E-state index contributed by atoms with van der Waals surface area (Å²) >= 11 is 0. The molecule has 0 aromatic rings. The molecule has 6 heteroatoms. The number of ether oxygens (including phenoxy) is 2. The van der Waals surface area contributed by atoms with Crippen molar-refractivity contribution in [1.82, 2.24) is 0 Å². The van der Waals surface area contributed by atoms with E-state index in [4.69, 9.17) is 13.9 Å². The van der Waals surface area contributed by atoms with Gasteiger partial charge in [-0.3, -0.25) is 9.59 Å². The van der Waals surface area contributed by atoms with Crippen molar-refractivity contribution in [2.75, 3.05) is 13.7 Å². The first-order valence-electron chi connectivity index (χ1n) is 9.32. The molecule has 1 atom stereocenters. The highest BCUT2D eigenvalue weighted by Gasteiger charge is 2.53. The summed E-state index contributed by atoms with van der Waals surface area (Å²) in [5, 5.41) is 0. The summed E-state index contributed by atoms with van der Waals surface area (Å²) in [5.41, 5.74) is 0.201. The first-order valence-corrected chi connectivity index (χ1v) is 11.5. The van der Waals surface area contributed by atoms with Crippen LogP contribution in [0.2, 0.25) is 16.6 Å². The molecular weight excluding hydrogens is 348 g/mol. The summed E-state index contributed by atoms with van der Waals surface area (Å²) in [6.07, 6.45) is 4.09. The smallest absolute Gasteiger partial charge is 0.329 e. The first kappa shape index (κ1) is 22.6. The molecular formula is C20H34O5Si. The predicted molar refractivity (Wildman–Crippen MR) is 105 cm³/mol. The molecule has 148 valence electrons. The first-order chi connectivity index (χ1) is 12.0. The van der Waals surface area contributed by atoms with E-state index in [1.54, 1.807) is 0 Å². The predicted octanol–water partition coefficient (Wildman–Crippen LogP) is 4.74. The van der Waals surface area contributed by atoms with Crippen molar-refractivity contribution in [3.63, 3.8) is 0 Å². The zero-order valence-electron chi connectivity index (χ0n) is 17.3. The summed E-state index contributed by atoms with van der Waals surface area (Å²) in [7, 11) is -0.653. The van der Waals surface area contributed by atoms with Crippen LogP contribution in [0.4, 0.5) is 0 Å². The number of esters is 2. The average Bonchev–Trinajstić information content (AvgIpc) is 2.83. The highest BCUT2D eigenvalue weighted by Crippen LogP contribution is 2.42. The Morgan fingerprint density at radius 2 is 1.73 bits per heavy atom. The van der Waals surface area contributed by atoms with Crippen molar-refractivity contribution in [3.05, 3.63) is 24.5 Å². The van der Waals surface area contributed by atoms with Crippen LogP contribution in [-0.2, 0) is 23.5 Å². The Kier molecular flexibility index (Phi) is 7.83. The molecule has 5 nitrogen and oxygen atoms in total. The Balaban J connectivity index is 2.83. The molecule has 0 aromatic heterocycles. The van der Waals surface area contributed by atoms with Crippen LogP contribution in [0.1, 0.15) is 54.4 Å². The van der Waals surface area contributed by atoms with E-state index in [-0.39, 0.29) is 12.8 Å². The SMILES string of the molecule is C=C1CC(C/C=C/CO[Si](C(C)C)(C(C)C)C(C)C)(C(=O)OC)C(=O)O1. The van der Waals surface area contributed by atoms with Crippen LogP contribution < -0.4 is 0 Å². The number of hydrogen-bond acceptors (Lipinski definition) is 5. The van der Waals surface area contributed by atoms with Gasteiger partial charge < -0.3 is 13.9 Å². The normalized spacial score (nSPS) is 21.3. The highest BCUT2D eigenvalue weighted by atomic mass is 28.4. The molecule has 0 N–H and O–H groups in total. The number of carbonyl (C=O) groups is 2. The lowest BCUT2D eigenvalue weighted by Gasteiger charge is -2.41. The molecule has 26 heavy (non-hydrogen) atoms. The summed E-state index contributed by atoms with van der Waals surface area (Å²) < 4.78 is 16.3. The molecule has 0 saturated carbocycles. The Labute approximate surface area is 158 Å². The summed E-state index contributed by atoms with van der Waals surface area (Å²) in [4.78, 5) is 24.3. The van der Waals surface area contributed by atoms with E-state index in [1.807, 2.05) is 12.2 Å². The van der Waals surface area contributed by atoms with Gasteiger partial charge in [0, 0.05) is 6.42 Å². The van der Waals surface area contributed by atoms with Crippen molar-refractivity contribution in [1.29, 1.82) is 0 Å². The van der Waals surface area contributed by atoms with Gasteiger partial charge in [0.25, 0.3) is 0 Å². The third-order valence-electron chi connectivity index (χ3n) is 5.47. The molecule has 1 aliphatic heterocycles. The summed E-state index contributed by atoms with van der Waals surface area (Å²) in [5.74, 6) is -0.868. The fourth-order valence-corrected chi connectivity index (χ4v) is 9.69. The molecule has 1 aliphatic rings. The number of cyclic esters (lactones) is 1. The van der Waals surface area contributed by atoms with E-state index in [2.05, 4.69) is 48.1 Å². The monoisotopic (exact) mass is 382 g/mol. The minimum atomic E-state index is -1.93. The van der Waals surface area contributed by atoms with Crippen LogP contribution in [0.15, 0.2) is 24.5 Å². The van der Waals surface area contributed by atoms with Crippen LogP contribution in [0, 0.1) is 5.41 Å². The quantitative estimate of drug-likeness (QED) is 0.249. The van der Waals surface area contributed by atoms with Gasteiger partial charge in [-0.25, -0.2) is 0 Å². The van der Waals surface area contributed by atoms with Crippen molar-refractivity contribution in [3.8, 4) is 0 Å². The van der Waals surface area contributed by atoms with Crippen LogP contribution in [0.3, 0.4) is 0 Å². The second-order valence-electron chi connectivity index (χ2n) is 7.98. The number of rotatable bonds is 9. The summed E-state index contributed by atoms with van der Waals surface area (Å²) in [6.45, 7) is 17.6. The van der Waals surface area contributed by atoms with Gasteiger partial charge >= 0.3 is 11.9 Å². The minimum Gasteiger partial charge on any atom is -0.468 e. The second-order valence-corrected chi connectivity index (χ2v) is 13.4. The molecule has 0 radical (unpaired) electrons. The van der Waals surface area contributed by atoms with E-state index >= 15 is 0 Å². The number of carbonyl (C=O) groups excluding carboxylic acids is 2. The lowest BCUT2D eigenvalue weighted by atomic mass is 9.82. The number of methoxy groups -OCH3 is 1. The third-order valence-corrected chi connectivity index (χ3v) is 11.6. The van der Waals surface area contributed by atoms with Crippen molar-refractivity contribution >= 4 is 20.3 Å². The molecule has 0 amide bonds. The highest BCUT2D eigenvalue weighted by molar-refractivity contribution is 6.77. The molecule has 0 spiro atoms. The number of hydrogen-bond donors (Lipinski definition) is 0. The Bertz CT molecular complexity index is 543. The maximum absolute atomic E-state index is 12.2. The molecule has 1 saturated heterocycles. The lowest BCUT2D eigenvalue weighted by Crippen LogP contribution is -2.47. The van der Waals surface area contributed by atoms with Gasteiger partial charge in [-0.2, -0.15) is 0 Å². The molecule has 0 bridgehead atoms.